The molecule has 3 nitrogen and oxygen atoms in total. The maximum Gasteiger partial charge on any atom is 0.303 e. The summed E-state index contributed by atoms with van der Waals surface area (Å²) in [5, 5.41) is 10.5. The van der Waals surface area contributed by atoms with E-state index in [0.717, 1.165) is 36.3 Å². The molecule has 0 amide bonds. The van der Waals surface area contributed by atoms with Crippen molar-refractivity contribution in [3.05, 3.63) is 35.5 Å². The molecule has 2 aromatic rings. The van der Waals surface area contributed by atoms with Crippen molar-refractivity contribution in [2.45, 2.75) is 32.2 Å². The Morgan fingerprint density at radius 2 is 2.06 bits per heavy atom. The minimum atomic E-state index is -0.715. The van der Waals surface area contributed by atoms with Gasteiger partial charge in [-0.05, 0) is 36.4 Å². The van der Waals surface area contributed by atoms with Gasteiger partial charge in [0.25, 0.3) is 0 Å². The van der Waals surface area contributed by atoms with Crippen molar-refractivity contribution in [2.75, 3.05) is 0 Å². The number of carboxylic acid groups (broad SMARTS) is 1. The second kappa shape index (κ2) is 5.91. The quantitative estimate of drug-likeness (QED) is 0.804. The Hall–Kier alpha value is -1.48. The van der Waals surface area contributed by atoms with E-state index in [0.29, 0.717) is 0 Å². The summed E-state index contributed by atoms with van der Waals surface area (Å²) < 4.78 is 2.17. The summed E-state index contributed by atoms with van der Waals surface area (Å²) in [5.74, 6) is -0.715. The molecule has 0 unspecified atom stereocenters. The molecule has 96 valence electrons. The number of aryl methyl sites for hydroxylation is 1. The molecular formula is C14H16ClNO2. The minimum Gasteiger partial charge on any atom is -0.481 e. The number of fused-ring (bicyclic) bond motifs is 1. The number of carbonyl (C=O) groups is 1. The molecule has 0 saturated heterocycles. The third kappa shape index (κ3) is 3.26. The lowest BCUT2D eigenvalue weighted by Gasteiger charge is -2.05. The van der Waals surface area contributed by atoms with E-state index in [4.69, 9.17) is 16.7 Å². The Balaban J connectivity index is 1.91. The number of benzene rings is 1. The highest BCUT2D eigenvalue weighted by Gasteiger charge is 2.02. The van der Waals surface area contributed by atoms with E-state index in [2.05, 4.69) is 16.8 Å². The molecule has 18 heavy (non-hydrogen) atoms. The van der Waals surface area contributed by atoms with Crippen LogP contribution in [-0.2, 0) is 11.3 Å². The minimum absolute atomic E-state index is 0.262. The first kappa shape index (κ1) is 13.0. The summed E-state index contributed by atoms with van der Waals surface area (Å²) in [4.78, 5) is 10.4. The molecule has 4 heteroatoms. The SMILES string of the molecule is O=C(O)CCCCCn1ccc2ccc(Cl)cc21. The molecule has 0 fully saturated rings. The molecule has 0 aliphatic carbocycles. The molecule has 0 spiro atoms. The zero-order chi connectivity index (χ0) is 13.0. The third-order valence-corrected chi connectivity index (χ3v) is 3.26. The van der Waals surface area contributed by atoms with Gasteiger partial charge in [-0.2, -0.15) is 0 Å². The van der Waals surface area contributed by atoms with Crippen LogP contribution >= 0.6 is 11.6 Å². The first-order valence-electron chi connectivity index (χ1n) is 6.13. The molecule has 0 saturated carbocycles. The lowest BCUT2D eigenvalue weighted by molar-refractivity contribution is -0.137. The molecule has 1 heterocycles. The van der Waals surface area contributed by atoms with Gasteiger partial charge in [0, 0.05) is 29.7 Å². The number of nitrogens with zero attached hydrogens (tertiary/aromatic N) is 1. The highest BCUT2D eigenvalue weighted by atomic mass is 35.5. The van der Waals surface area contributed by atoms with Gasteiger partial charge in [-0.15, -0.1) is 0 Å². The van der Waals surface area contributed by atoms with Crippen molar-refractivity contribution in [1.29, 1.82) is 0 Å². The van der Waals surface area contributed by atoms with Crippen molar-refractivity contribution in [3.8, 4) is 0 Å². The second-order valence-electron chi connectivity index (χ2n) is 4.42. The number of rotatable bonds is 6. The number of aromatic nitrogens is 1. The van der Waals surface area contributed by atoms with Gasteiger partial charge in [0.1, 0.15) is 0 Å². The van der Waals surface area contributed by atoms with Crippen LogP contribution < -0.4 is 0 Å². The van der Waals surface area contributed by atoms with E-state index in [-0.39, 0.29) is 6.42 Å². The van der Waals surface area contributed by atoms with Crippen LogP contribution in [-0.4, -0.2) is 15.6 Å². The number of hydrogen-bond acceptors (Lipinski definition) is 1. The van der Waals surface area contributed by atoms with E-state index in [1.54, 1.807) is 0 Å². The standard InChI is InChI=1S/C14H16ClNO2/c15-12-6-5-11-7-9-16(13(11)10-12)8-3-1-2-4-14(17)18/h5-7,9-10H,1-4,8H2,(H,17,18). The fourth-order valence-electron chi connectivity index (χ4n) is 2.09. The van der Waals surface area contributed by atoms with Gasteiger partial charge in [0.15, 0.2) is 0 Å². The predicted octanol–water partition coefficient (Wildman–Crippen LogP) is 3.94. The fraction of sp³-hybridized carbons (Fsp3) is 0.357. The molecule has 0 bridgehead atoms. The number of unbranched alkanes of at least 4 members (excludes halogenated alkanes) is 2. The van der Waals surface area contributed by atoms with Crippen molar-refractivity contribution >= 4 is 28.5 Å². The Bertz CT molecular complexity index is 548. The van der Waals surface area contributed by atoms with Gasteiger partial charge in [-0.3, -0.25) is 4.79 Å². The van der Waals surface area contributed by atoms with Crippen molar-refractivity contribution < 1.29 is 9.90 Å². The lowest BCUT2D eigenvalue weighted by Crippen LogP contribution is -1.98. The molecule has 0 atom stereocenters. The molecule has 0 aliphatic heterocycles. The predicted molar refractivity (Wildman–Crippen MR) is 73.1 cm³/mol. The van der Waals surface area contributed by atoms with Crippen LogP contribution in [0.1, 0.15) is 25.7 Å². The van der Waals surface area contributed by atoms with E-state index >= 15 is 0 Å². The second-order valence-corrected chi connectivity index (χ2v) is 4.85. The van der Waals surface area contributed by atoms with E-state index in [1.165, 1.54) is 5.39 Å². The number of halogens is 1. The lowest BCUT2D eigenvalue weighted by atomic mass is 10.2. The van der Waals surface area contributed by atoms with Gasteiger partial charge in [0.05, 0.1) is 0 Å². The Morgan fingerprint density at radius 3 is 2.83 bits per heavy atom. The zero-order valence-corrected chi connectivity index (χ0v) is 10.9. The van der Waals surface area contributed by atoms with Crippen LogP contribution in [0.3, 0.4) is 0 Å². The van der Waals surface area contributed by atoms with Crippen molar-refractivity contribution in [3.63, 3.8) is 0 Å². The van der Waals surface area contributed by atoms with Crippen molar-refractivity contribution in [1.82, 2.24) is 4.57 Å². The van der Waals surface area contributed by atoms with Crippen LogP contribution in [0, 0.1) is 0 Å². The first-order chi connectivity index (χ1) is 8.66. The molecule has 0 aliphatic rings. The number of carboxylic acids is 1. The molecule has 2 rings (SSSR count). The average molecular weight is 266 g/mol. The summed E-state index contributed by atoms with van der Waals surface area (Å²) in [6.07, 6.45) is 4.99. The topological polar surface area (TPSA) is 42.2 Å². The van der Waals surface area contributed by atoms with E-state index in [9.17, 15) is 4.79 Å². The average Bonchev–Trinajstić information content (AvgIpc) is 2.71. The van der Waals surface area contributed by atoms with Crippen LogP contribution in [0.25, 0.3) is 10.9 Å². The normalized spacial score (nSPS) is 10.9. The Kier molecular flexibility index (Phi) is 4.26. The summed E-state index contributed by atoms with van der Waals surface area (Å²) in [7, 11) is 0. The summed E-state index contributed by atoms with van der Waals surface area (Å²) >= 11 is 5.99. The van der Waals surface area contributed by atoms with Crippen molar-refractivity contribution in [2.24, 2.45) is 0 Å². The van der Waals surface area contributed by atoms with Gasteiger partial charge in [-0.25, -0.2) is 0 Å². The van der Waals surface area contributed by atoms with Crippen LogP contribution in [0.5, 0.6) is 0 Å². The van der Waals surface area contributed by atoms with E-state index < -0.39 is 5.97 Å². The van der Waals surface area contributed by atoms with E-state index in [1.807, 2.05) is 18.2 Å². The Labute approximate surface area is 111 Å². The van der Waals surface area contributed by atoms with Crippen LogP contribution in [0.15, 0.2) is 30.5 Å². The van der Waals surface area contributed by atoms with Crippen LogP contribution in [0.4, 0.5) is 0 Å². The monoisotopic (exact) mass is 265 g/mol. The summed E-state index contributed by atoms with van der Waals surface area (Å²) in [6.45, 7) is 0.906. The Morgan fingerprint density at radius 1 is 1.22 bits per heavy atom. The summed E-state index contributed by atoms with van der Waals surface area (Å²) in [6, 6.07) is 7.94. The highest BCUT2D eigenvalue weighted by molar-refractivity contribution is 6.31. The number of hydrogen-bond donors (Lipinski definition) is 1. The van der Waals surface area contributed by atoms with Gasteiger partial charge in [0.2, 0.25) is 0 Å². The first-order valence-corrected chi connectivity index (χ1v) is 6.51. The van der Waals surface area contributed by atoms with Gasteiger partial charge in [-0.1, -0.05) is 24.1 Å². The molecule has 1 N–H and O–H groups in total. The number of aliphatic carboxylic acids is 1. The van der Waals surface area contributed by atoms with Crippen LogP contribution in [0.2, 0.25) is 5.02 Å². The highest BCUT2D eigenvalue weighted by Crippen LogP contribution is 2.21. The zero-order valence-electron chi connectivity index (χ0n) is 10.1. The smallest absolute Gasteiger partial charge is 0.303 e. The largest absolute Gasteiger partial charge is 0.481 e. The van der Waals surface area contributed by atoms with Gasteiger partial charge < -0.3 is 9.67 Å². The summed E-state index contributed by atoms with van der Waals surface area (Å²) in [5.41, 5.74) is 1.14. The molecule has 0 radical (unpaired) electrons. The fourth-order valence-corrected chi connectivity index (χ4v) is 2.25. The maximum atomic E-state index is 10.4. The molecule has 1 aromatic heterocycles. The third-order valence-electron chi connectivity index (χ3n) is 3.03. The molecular weight excluding hydrogens is 250 g/mol. The maximum absolute atomic E-state index is 10.4. The molecule has 1 aromatic carbocycles. The van der Waals surface area contributed by atoms with Gasteiger partial charge >= 0.3 is 5.97 Å².